The maximum Gasteiger partial charge on any atom is 0.308 e. The van der Waals surface area contributed by atoms with Crippen LogP contribution in [-0.2, 0) is 9.59 Å². The highest BCUT2D eigenvalue weighted by Gasteiger charge is 2.44. The van der Waals surface area contributed by atoms with Crippen molar-refractivity contribution >= 4 is 11.9 Å². The van der Waals surface area contributed by atoms with E-state index in [1.54, 1.807) is 0 Å². The van der Waals surface area contributed by atoms with Crippen LogP contribution in [0.1, 0.15) is 44.9 Å². The van der Waals surface area contributed by atoms with Crippen LogP contribution in [0.2, 0.25) is 0 Å². The fourth-order valence-electron chi connectivity index (χ4n) is 3.05. The number of rotatable bonds is 4. The Balaban J connectivity index is 1.98. The lowest BCUT2D eigenvalue weighted by molar-refractivity contribution is -0.145. The fourth-order valence-corrected chi connectivity index (χ4v) is 3.05. The molecule has 2 aliphatic carbocycles. The molecule has 0 aromatic carbocycles. The summed E-state index contributed by atoms with van der Waals surface area (Å²) >= 11 is 0. The molecule has 5 nitrogen and oxygen atoms in total. The first-order valence-electron chi connectivity index (χ1n) is 6.83. The van der Waals surface area contributed by atoms with Gasteiger partial charge in [-0.3, -0.25) is 9.59 Å². The van der Waals surface area contributed by atoms with E-state index in [4.69, 9.17) is 5.73 Å². The van der Waals surface area contributed by atoms with Gasteiger partial charge in [0.25, 0.3) is 0 Å². The smallest absolute Gasteiger partial charge is 0.308 e. The minimum absolute atomic E-state index is 0.0330. The van der Waals surface area contributed by atoms with Gasteiger partial charge < -0.3 is 16.2 Å². The van der Waals surface area contributed by atoms with Crippen LogP contribution < -0.4 is 11.1 Å². The number of nitrogens with one attached hydrogen (secondary N) is 1. The van der Waals surface area contributed by atoms with E-state index >= 15 is 0 Å². The van der Waals surface area contributed by atoms with Gasteiger partial charge in [-0.1, -0.05) is 19.3 Å². The number of nitrogens with two attached hydrogens (primary N) is 1. The monoisotopic (exact) mass is 254 g/mol. The molecule has 0 saturated heterocycles. The molecule has 2 aliphatic rings. The van der Waals surface area contributed by atoms with E-state index in [0.717, 1.165) is 38.5 Å². The fraction of sp³-hybridized carbons (Fsp3) is 0.846. The van der Waals surface area contributed by atoms with Crippen molar-refractivity contribution in [1.29, 1.82) is 0 Å². The van der Waals surface area contributed by atoms with Gasteiger partial charge in [-0.05, 0) is 25.7 Å². The highest BCUT2D eigenvalue weighted by molar-refractivity contribution is 5.84. The lowest BCUT2D eigenvalue weighted by Crippen LogP contribution is -2.55. The Kier molecular flexibility index (Phi) is 3.90. The Labute approximate surface area is 107 Å². The quantitative estimate of drug-likeness (QED) is 0.694. The number of carbonyl (C=O) groups is 2. The summed E-state index contributed by atoms with van der Waals surface area (Å²) in [6.45, 7) is 0.364. The summed E-state index contributed by atoms with van der Waals surface area (Å²) in [6, 6.07) is -0.215. The zero-order valence-corrected chi connectivity index (χ0v) is 10.7. The molecule has 2 unspecified atom stereocenters. The lowest BCUT2D eigenvalue weighted by atomic mass is 9.67. The summed E-state index contributed by atoms with van der Waals surface area (Å²) in [4.78, 5) is 23.4. The summed E-state index contributed by atoms with van der Waals surface area (Å²) < 4.78 is 0. The predicted octanol–water partition coefficient (Wildman–Crippen LogP) is 0.875. The van der Waals surface area contributed by atoms with E-state index in [2.05, 4.69) is 5.32 Å². The second-order valence-electron chi connectivity index (χ2n) is 5.65. The molecular formula is C13H22N2O3. The Morgan fingerprint density at radius 3 is 2.39 bits per heavy atom. The van der Waals surface area contributed by atoms with Gasteiger partial charge in [-0.15, -0.1) is 0 Å². The molecule has 1 amide bonds. The number of carboxylic acids is 1. The van der Waals surface area contributed by atoms with Crippen molar-refractivity contribution in [3.63, 3.8) is 0 Å². The average Bonchev–Trinajstić information content (AvgIpc) is 2.28. The van der Waals surface area contributed by atoms with Crippen LogP contribution in [0.4, 0.5) is 0 Å². The molecule has 2 saturated carbocycles. The second kappa shape index (κ2) is 5.26. The van der Waals surface area contributed by atoms with Crippen LogP contribution in [0.15, 0.2) is 0 Å². The minimum Gasteiger partial charge on any atom is -0.481 e. The molecule has 2 rings (SSSR count). The minimum atomic E-state index is -0.796. The van der Waals surface area contributed by atoms with Crippen LogP contribution in [-0.4, -0.2) is 29.6 Å². The van der Waals surface area contributed by atoms with Crippen molar-refractivity contribution in [2.75, 3.05) is 6.54 Å². The van der Waals surface area contributed by atoms with E-state index in [-0.39, 0.29) is 11.9 Å². The first kappa shape index (κ1) is 13.3. The Bertz CT molecular complexity index is 334. The van der Waals surface area contributed by atoms with Gasteiger partial charge in [-0.25, -0.2) is 0 Å². The zero-order valence-electron chi connectivity index (χ0n) is 10.7. The molecule has 5 heteroatoms. The number of aliphatic carboxylic acids is 1. The van der Waals surface area contributed by atoms with E-state index in [1.165, 1.54) is 0 Å². The molecule has 0 bridgehead atoms. The molecule has 0 heterocycles. The van der Waals surface area contributed by atoms with Gasteiger partial charge in [-0.2, -0.15) is 0 Å². The van der Waals surface area contributed by atoms with Crippen molar-refractivity contribution in [1.82, 2.24) is 5.32 Å². The molecule has 2 fully saturated rings. The SMILES string of the molecule is NCC1(C(=O)NC2CCCCC2C(=O)O)CCC1. The van der Waals surface area contributed by atoms with Crippen LogP contribution in [0.5, 0.6) is 0 Å². The Morgan fingerprint density at radius 1 is 1.22 bits per heavy atom. The lowest BCUT2D eigenvalue weighted by Gasteiger charge is -2.41. The molecule has 0 aromatic heterocycles. The zero-order chi connectivity index (χ0) is 13.2. The highest BCUT2D eigenvalue weighted by Crippen LogP contribution is 2.40. The largest absolute Gasteiger partial charge is 0.481 e. The van der Waals surface area contributed by atoms with Gasteiger partial charge in [0.05, 0.1) is 11.3 Å². The van der Waals surface area contributed by atoms with Crippen molar-refractivity contribution in [3.05, 3.63) is 0 Å². The number of carboxylic acid groups (broad SMARTS) is 1. The van der Waals surface area contributed by atoms with Gasteiger partial charge in [0.1, 0.15) is 0 Å². The number of amides is 1. The van der Waals surface area contributed by atoms with Crippen LogP contribution >= 0.6 is 0 Å². The number of hydrogen-bond acceptors (Lipinski definition) is 3. The standard InChI is InChI=1S/C13H22N2O3/c14-8-13(6-3-7-13)12(18)15-10-5-2-1-4-9(10)11(16)17/h9-10H,1-8,14H2,(H,15,18)(H,16,17). The second-order valence-corrected chi connectivity index (χ2v) is 5.65. The van der Waals surface area contributed by atoms with Crippen LogP contribution in [0, 0.1) is 11.3 Å². The maximum atomic E-state index is 12.2. The number of hydrogen-bond donors (Lipinski definition) is 3. The van der Waals surface area contributed by atoms with Crippen molar-refractivity contribution in [2.45, 2.75) is 51.0 Å². The third-order valence-corrected chi connectivity index (χ3v) is 4.58. The van der Waals surface area contributed by atoms with Gasteiger partial charge in [0.2, 0.25) is 5.91 Å². The molecule has 2 atom stereocenters. The highest BCUT2D eigenvalue weighted by atomic mass is 16.4. The molecule has 0 radical (unpaired) electrons. The molecule has 18 heavy (non-hydrogen) atoms. The summed E-state index contributed by atoms with van der Waals surface area (Å²) in [5.41, 5.74) is 5.28. The van der Waals surface area contributed by atoms with E-state index < -0.39 is 17.3 Å². The number of carbonyl (C=O) groups excluding carboxylic acids is 1. The molecule has 4 N–H and O–H groups in total. The molecule has 0 aliphatic heterocycles. The van der Waals surface area contributed by atoms with Crippen molar-refractivity contribution < 1.29 is 14.7 Å². The Hall–Kier alpha value is -1.10. The summed E-state index contributed by atoms with van der Waals surface area (Å²) in [5.74, 6) is -1.26. The van der Waals surface area contributed by atoms with Gasteiger partial charge in [0.15, 0.2) is 0 Å². The predicted molar refractivity (Wildman–Crippen MR) is 66.9 cm³/mol. The Morgan fingerprint density at radius 2 is 1.89 bits per heavy atom. The summed E-state index contributed by atoms with van der Waals surface area (Å²) in [7, 11) is 0. The van der Waals surface area contributed by atoms with Crippen molar-refractivity contribution in [3.8, 4) is 0 Å². The van der Waals surface area contributed by atoms with Gasteiger partial charge in [0, 0.05) is 12.6 Å². The molecular weight excluding hydrogens is 232 g/mol. The summed E-state index contributed by atoms with van der Waals surface area (Å²) in [5, 5.41) is 12.1. The van der Waals surface area contributed by atoms with Crippen molar-refractivity contribution in [2.24, 2.45) is 17.1 Å². The first-order valence-corrected chi connectivity index (χ1v) is 6.83. The van der Waals surface area contributed by atoms with Gasteiger partial charge >= 0.3 is 5.97 Å². The average molecular weight is 254 g/mol. The normalized spacial score (nSPS) is 30.3. The molecule has 0 aromatic rings. The van der Waals surface area contributed by atoms with E-state index in [1.807, 2.05) is 0 Å². The van der Waals surface area contributed by atoms with E-state index in [0.29, 0.717) is 13.0 Å². The molecule has 0 spiro atoms. The summed E-state index contributed by atoms with van der Waals surface area (Å²) in [6.07, 6.45) is 6.06. The van der Waals surface area contributed by atoms with Crippen LogP contribution in [0.3, 0.4) is 0 Å². The molecule has 102 valence electrons. The maximum absolute atomic E-state index is 12.2. The topological polar surface area (TPSA) is 92.4 Å². The van der Waals surface area contributed by atoms with Crippen LogP contribution in [0.25, 0.3) is 0 Å². The third-order valence-electron chi connectivity index (χ3n) is 4.58. The first-order chi connectivity index (χ1) is 8.59. The van der Waals surface area contributed by atoms with E-state index in [9.17, 15) is 14.7 Å². The third kappa shape index (κ3) is 2.36.